The number of rotatable bonds is 6. The molecule has 0 unspecified atom stereocenters. The number of fused-ring (bicyclic) bond motifs is 9. The molecule has 324 valence electrons. The summed E-state index contributed by atoms with van der Waals surface area (Å²) in [4.78, 5) is 18.3. The minimum atomic E-state index is -0.0367. The lowest BCUT2D eigenvalue weighted by Gasteiger charge is -2.21. The summed E-state index contributed by atoms with van der Waals surface area (Å²) < 4.78 is 2.46. The van der Waals surface area contributed by atoms with Gasteiger partial charge >= 0.3 is 0 Å². The topological polar surface area (TPSA) is 43.6 Å². The Labute approximate surface area is 404 Å². The van der Waals surface area contributed by atoms with Crippen molar-refractivity contribution in [1.29, 1.82) is 0 Å². The van der Waals surface area contributed by atoms with E-state index in [4.69, 9.17) is 15.0 Å². The summed E-state index contributed by atoms with van der Waals surface area (Å²) >= 11 is 1.88. The van der Waals surface area contributed by atoms with Crippen molar-refractivity contribution in [2.45, 2.75) is 28.6 Å². The minimum Gasteiger partial charge on any atom is -0.309 e. The van der Waals surface area contributed by atoms with E-state index in [2.05, 4.69) is 211 Å². The van der Waals surface area contributed by atoms with E-state index < -0.39 is 0 Å². The van der Waals surface area contributed by atoms with Crippen LogP contribution in [0.25, 0.3) is 106 Å². The van der Waals surface area contributed by atoms with E-state index >= 15 is 0 Å². The molecule has 0 saturated carbocycles. The Kier molecular flexibility index (Phi) is 9.31. The molecule has 1 aliphatic heterocycles. The van der Waals surface area contributed by atoms with Gasteiger partial charge in [0.15, 0.2) is 11.6 Å². The molecule has 0 amide bonds. The Morgan fingerprint density at radius 2 is 1.00 bits per heavy atom. The van der Waals surface area contributed by atoms with Crippen LogP contribution < -0.4 is 0 Å². The van der Waals surface area contributed by atoms with Gasteiger partial charge in [-0.1, -0.05) is 188 Å². The van der Waals surface area contributed by atoms with Crippen LogP contribution in [0.5, 0.6) is 0 Å². The second-order valence-electron chi connectivity index (χ2n) is 18.2. The Balaban J connectivity index is 0.902. The Bertz CT molecular complexity index is 3970. The van der Waals surface area contributed by atoms with Gasteiger partial charge < -0.3 is 4.57 Å². The number of hydrogen-bond acceptors (Lipinski definition) is 4. The van der Waals surface area contributed by atoms with Gasteiger partial charge in [0, 0.05) is 48.7 Å². The monoisotopic (exact) mass is 898 g/mol. The van der Waals surface area contributed by atoms with E-state index in [1.807, 2.05) is 30.0 Å². The van der Waals surface area contributed by atoms with Crippen LogP contribution in [0.15, 0.2) is 234 Å². The van der Waals surface area contributed by atoms with Gasteiger partial charge in [-0.2, -0.15) is 0 Å². The lowest BCUT2D eigenvalue weighted by atomic mass is 9.89. The molecule has 0 radical (unpaired) electrons. The highest BCUT2D eigenvalue weighted by atomic mass is 32.2. The van der Waals surface area contributed by atoms with Gasteiger partial charge in [0.05, 0.1) is 11.0 Å². The molecule has 0 saturated heterocycles. The molecule has 69 heavy (non-hydrogen) atoms. The number of benzene rings is 10. The van der Waals surface area contributed by atoms with E-state index in [0.717, 1.165) is 41.0 Å². The first-order valence-electron chi connectivity index (χ1n) is 23.8. The minimum absolute atomic E-state index is 0.0367. The summed E-state index contributed by atoms with van der Waals surface area (Å²) in [5.41, 5.74) is 17.9. The summed E-state index contributed by atoms with van der Waals surface area (Å²) in [6.07, 6.45) is 1.77. The molecule has 10 aromatic carbocycles. The van der Waals surface area contributed by atoms with Crippen LogP contribution in [0, 0.1) is 0 Å². The predicted molar refractivity (Wildman–Crippen MR) is 285 cm³/mol. The molecule has 2 aliphatic rings. The maximum atomic E-state index is 5.33. The van der Waals surface area contributed by atoms with Gasteiger partial charge in [0.2, 0.25) is 0 Å². The van der Waals surface area contributed by atoms with E-state index in [1.54, 1.807) is 0 Å². The summed E-state index contributed by atoms with van der Waals surface area (Å²) in [6, 6.07) is 81.5. The third-order valence-corrected chi connectivity index (χ3v) is 15.4. The van der Waals surface area contributed by atoms with Gasteiger partial charge in [-0.25, -0.2) is 15.0 Å². The average Bonchev–Trinajstić information content (AvgIpc) is 3.65. The van der Waals surface area contributed by atoms with Crippen LogP contribution >= 0.6 is 11.8 Å². The number of para-hydroxylation sites is 1. The van der Waals surface area contributed by atoms with Gasteiger partial charge in [-0.3, -0.25) is 0 Å². The molecule has 0 fully saturated rings. The quantitative estimate of drug-likeness (QED) is 0.167. The lowest BCUT2D eigenvalue weighted by molar-refractivity contribution is 0.677. The highest BCUT2D eigenvalue weighted by molar-refractivity contribution is 7.99. The van der Waals surface area contributed by atoms with Crippen molar-refractivity contribution in [1.82, 2.24) is 19.5 Å². The SMILES string of the molecule is c1ccc(-c2ccc(-c3nc(-c4ccccc4)nc([C@@H]4CCc5ccc(-c6ccc7c(c6)c6c8cccc9c8c(cc6n7-c6ccccc6)-c6ccccc6S9)cc5-c5ccccc54)n3)cc2)cc1. The van der Waals surface area contributed by atoms with Gasteiger partial charge in [-0.05, 0) is 122 Å². The van der Waals surface area contributed by atoms with Crippen molar-refractivity contribution in [3.8, 4) is 73.0 Å². The molecule has 14 rings (SSSR count). The van der Waals surface area contributed by atoms with Crippen LogP contribution in [-0.2, 0) is 6.42 Å². The molecule has 0 N–H and O–H groups in total. The zero-order valence-electron chi connectivity index (χ0n) is 37.6. The fraction of sp³-hybridized carbons (Fsp3) is 0.0469. The molecular weight excluding hydrogens is 857 g/mol. The third kappa shape index (κ3) is 6.64. The van der Waals surface area contributed by atoms with Crippen LogP contribution in [0.1, 0.15) is 29.3 Å². The summed E-state index contributed by atoms with van der Waals surface area (Å²) in [5.74, 6) is 2.14. The van der Waals surface area contributed by atoms with Crippen LogP contribution in [0.4, 0.5) is 0 Å². The number of aryl methyl sites for hydroxylation is 1. The zero-order valence-corrected chi connectivity index (χ0v) is 38.4. The lowest BCUT2D eigenvalue weighted by Crippen LogP contribution is -2.10. The van der Waals surface area contributed by atoms with Crippen LogP contribution in [0.3, 0.4) is 0 Å². The standard InChI is InChI=1S/C64H42N4S/c1-4-15-40(16-5-1)41-27-30-44(31-28-41)63-65-62(43-17-6-2-7-18-43)66-64(67-63)51-35-33-42-29-32-45(37-53(42)49-22-11-10-21-48(49)51)46-34-36-56-55(38-46)60-52-24-14-26-59-61(52)54(50-23-12-13-25-58(50)69-59)39-57(60)68(56)47-19-8-3-9-20-47/h1-32,34,36-39,51H,33,35H2/t51-/m1/s1. The van der Waals surface area contributed by atoms with Gasteiger partial charge in [0.1, 0.15) is 5.82 Å². The molecule has 3 heterocycles. The second-order valence-corrected chi connectivity index (χ2v) is 19.3. The van der Waals surface area contributed by atoms with Crippen molar-refractivity contribution in [2.75, 3.05) is 0 Å². The second kappa shape index (κ2) is 16.2. The largest absolute Gasteiger partial charge is 0.309 e. The van der Waals surface area contributed by atoms with Crippen molar-refractivity contribution < 1.29 is 0 Å². The third-order valence-electron chi connectivity index (χ3n) is 14.3. The highest BCUT2D eigenvalue weighted by Gasteiger charge is 2.28. The fourth-order valence-electron chi connectivity index (χ4n) is 11.0. The van der Waals surface area contributed by atoms with Gasteiger partial charge in [-0.15, -0.1) is 0 Å². The number of hydrogen-bond donors (Lipinski definition) is 0. The fourth-order valence-corrected chi connectivity index (χ4v) is 12.2. The predicted octanol–water partition coefficient (Wildman–Crippen LogP) is 16.7. The maximum absolute atomic E-state index is 5.33. The molecule has 12 aromatic rings. The maximum Gasteiger partial charge on any atom is 0.163 e. The number of nitrogens with zero attached hydrogens (tertiary/aromatic N) is 4. The molecule has 1 aliphatic carbocycles. The molecule has 4 nitrogen and oxygen atoms in total. The molecular formula is C64H42N4S. The molecule has 0 spiro atoms. The normalized spacial score (nSPS) is 13.8. The van der Waals surface area contributed by atoms with Crippen molar-refractivity contribution >= 4 is 44.3 Å². The van der Waals surface area contributed by atoms with E-state index in [0.29, 0.717) is 11.6 Å². The van der Waals surface area contributed by atoms with Crippen molar-refractivity contribution in [2.24, 2.45) is 0 Å². The van der Waals surface area contributed by atoms with Gasteiger partial charge in [0.25, 0.3) is 0 Å². The van der Waals surface area contributed by atoms with Crippen LogP contribution in [0.2, 0.25) is 0 Å². The molecule has 1 atom stereocenters. The van der Waals surface area contributed by atoms with Crippen molar-refractivity contribution in [3.63, 3.8) is 0 Å². The summed E-state index contributed by atoms with van der Waals surface area (Å²) in [7, 11) is 0. The molecule has 5 heteroatoms. The average molecular weight is 899 g/mol. The van der Waals surface area contributed by atoms with Crippen LogP contribution in [-0.4, -0.2) is 19.5 Å². The van der Waals surface area contributed by atoms with Crippen molar-refractivity contribution in [3.05, 3.63) is 241 Å². The zero-order chi connectivity index (χ0) is 45.4. The van der Waals surface area contributed by atoms with E-state index in [-0.39, 0.29) is 5.92 Å². The Morgan fingerprint density at radius 1 is 0.391 bits per heavy atom. The summed E-state index contributed by atoms with van der Waals surface area (Å²) in [6.45, 7) is 0. The number of aromatic nitrogens is 4. The smallest absolute Gasteiger partial charge is 0.163 e. The van der Waals surface area contributed by atoms with E-state index in [1.165, 1.54) is 92.4 Å². The molecule has 2 aromatic heterocycles. The Hall–Kier alpha value is -8.38. The first kappa shape index (κ1) is 39.8. The summed E-state index contributed by atoms with van der Waals surface area (Å²) in [5, 5.41) is 5.17. The Morgan fingerprint density at radius 3 is 1.80 bits per heavy atom. The first-order chi connectivity index (χ1) is 34.2. The highest BCUT2D eigenvalue weighted by Crippen LogP contribution is 2.52. The first-order valence-corrected chi connectivity index (χ1v) is 24.6. The van der Waals surface area contributed by atoms with E-state index in [9.17, 15) is 0 Å². The molecule has 0 bridgehead atoms.